The van der Waals surface area contributed by atoms with Crippen LogP contribution in [0.3, 0.4) is 0 Å². The van der Waals surface area contributed by atoms with E-state index in [4.69, 9.17) is 4.99 Å². The van der Waals surface area contributed by atoms with Gasteiger partial charge >= 0.3 is 6.03 Å². The quantitative estimate of drug-likeness (QED) is 0.694. The number of aliphatic imine (C=N–C) groups is 1. The second-order valence-electron chi connectivity index (χ2n) is 8.54. The Morgan fingerprint density at radius 2 is 1.77 bits per heavy atom. The van der Waals surface area contributed by atoms with Gasteiger partial charge in [0.1, 0.15) is 0 Å². The molecule has 1 fully saturated rings. The number of anilines is 1. The third-order valence-corrected chi connectivity index (χ3v) is 6.47. The summed E-state index contributed by atoms with van der Waals surface area (Å²) in [6, 6.07) is 5.59. The van der Waals surface area contributed by atoms with E-state index in [1.54, 1.807) is 11.9 Å². The van der Waals surface area contributed by atoms with Crippen LogP contribution >= 0.6 is 0 Å². The molecule has 0 aromatic heterocycles. The van der Waals surface area contributed by atoms with Crippen LogP contribution in [0.15, 0.2) is 34.6 Å². The SMILES string of the molecule is CCCCCN1C(=O)C2C(N=C3N(c4ccc(C)cc4C)C(C)=C(C)N32)N(C)C1=O. The molecular weight excluding hydrogens is 378 g/mol. The number of aryl methyl sites for hydroxylation is 2. The topological polar surface area (TPSA) is 59.5 Å². The second-order valence-corrected chi connectivity index (χ2v) is 8.54. The average molecular weight is 410 g/mol. The highest BCUT2D eigenvalue weighted by Crippen LogP contribution is 2.40. The highest BCUT2D eigenvalue weighted by Gasteiger charge is 2.55. The van der Waals surface area contributed by atoms with Crippen LogP contribution in [-0.2, 0) is 4.79 Å². The number of unbranched alkanes of at least 4 members (excludes halogenated alkanes) is 2. The van der Waals surface area contributed by atoms with Crippen molar-refractivity contribution >= 4 is 23.6 Å². The van der Waals surface area contributed by atoms with Crippen LogP contribution in [0, 0.1) is 13.8 Å². The molecule has 0 radical (unpaired) electrons. The number of likely N-dealkylation sites (N-methyl/N-ethyl adjacent to an activating group) is 1. The van der Waals surface area contributed by atoms with Crippen molar-refractivity contribution in [3.05, 3.63) is 40.7 Å². The van der Waals surface area contributed by atoms with Crippen LogP contribution in [-0.4, -0.2) is 58.4 Å². The standard InChI is InChI=1S/C23H31N5O2/c1-7-8-9-12-26-21(29)19-20(25(6)23(26)30)24-22-27(16(4)17(5)28(19)22)18-11-10-14(2)13-15(18)3/h10-11,13,19-20H,7-9,12H2,1-6H3. The minimum atomic E-state index is -0.505. The van der Waals surface area contributed by atoms with Gasteiger partial charge in [0, 0.05) is 25.0 Å². The van der Waals surface area contributed by atoms with Crippen LogP contribution in [0.25, 0.3) is 0 Å². The number of carbonyl (C=O) groups is 2. The number of fused-ring (bicyclic) bond motifs is 3. The molecule has 0 N–H and O–H groups in total. The number of nitrogens with zero attached hydrogens (tertiary/aromatic N) is 5. The molecule has 2 atom stereocenters. The van der Waals surface area contributed by atoms with E-state index in [9.17, 15) is 9.59 Å². The smallest absolute Gasteiger partial charge is 0.302 e. The lowest BCUT2D eigenvalue weighted by molar-refractivity contribution is -0.136. The van der Waals surface area contributed by atoms with Gasteiger partial charge in [-0.15, -0.1) is 0 Å². The third kappa shape index (κ3) is 2.90. The first kappa shape index (κ1) is 20.4. The number of carbonyl (C=O) groups excluding carboxylic acids is 2. The first-order valence-corrected chi connectivity index (χ1v) is 10.8. The molecule has 0 aliphatic carbocycles. The number of guanidine groups is 1. The molecule has 160 valence electrons. The lowest BCUT2D eigenvalue weighted by Gasteiger charge is -2.40. The van der Waals surface area contributed by atoms with Crippen LogP contribution in [0.4, 0.5) is 10.5 Å². The van der Waals surface area contributed by atoms with Gasteiger partial charge in [0.15, 0.2) is 12.2 Å². The number of hydrogen-bond donors (Lipinski definition) is 0. The fourth-order valence-electron chi connectivity index (χ4n) is 4.68. The normalized spacial score (nSPS) is 23.5. The van der Waals surface area contributed by atoms with Gasteiger partial charge in [0.25, 0.3) is 5.91 Å². The Kier molecular flexibility index (Phi) is 5.08. The van der Waals surface area contributed by atoms with E-state index < -0.39 is 12.2 Å². The zero-order valence-electron chi connectivity index (χ0n) is 18.8. The van der Waals surface area contributed by atoms with Gasteiger partial charge in [-0.3, -0.25) is 19.5 Å². The Morgan fingerprint density at radius 1 is 1.03 bits per heavy atom. The summed E-state index contributed by atoms with van der Waals surface area (Å²) in [4.78, 5) is 38.4. The molecular formula is C23H31N5O2. The maximum absolute atomic E-state index is 13.4. The third-order valence-electron chi connectivity index (χ3n) is 6.47. The van der Waals surface area contributed by atoms with E-state index in [0.29, 0.717) is 6.54 Å². The fraction of sp³-hybridized carbons (Fsp3) is 0.522. The highest BCUT2D eigenvalue weighted by atomic mass is 16.2. The highest BCUT2D eigenvalue weighted by molar-refractivity contribution is 6.10. The van der Waals surface area contributed by atoms with Crippen molar-refractivity contribution in [1.82, 2.24) is 14.7 Å². The summed E-state index contributed by atoms with van der Waals surface area (Å²) >= 11 is 0. The van der Waals surface area contributed by atoms with Crippen molar-refractivity contribution in [2.45, 2.75) is 66.1 Å². The number of allylic oxidation sites excluding steroid dienone is 2. The molecule has 1 aromatic rings. The molecule has 30 heavy (non-hydrogen) atoms. The molecule has 1 aromatic carbocycles. The molecule has 3 aliphatic heterocycles. The van der Waals surface area contributed by atoms with E-state index in [1.165, 1.54) is 10.5 Å². The Labute approximate surface area is 178 Å². The molecule has 3 amide bonds. The lowest BCUT2D eigenvalue weighted by Crippen LogP contribution is -2.64. The lowest BCUT2D eigenvalue weighted by atomic mass is 10.1. The van der Waals surface area contributed by atoms with E-state index >= 15 is 0 Å². The van der Waals surface area contributed by atoms with Crippen molar-refractivity contribution in [2.24, 2.45) is 4.99 Å². The maximum atomic E-state index is 13.4. The number of amides is 3. The second kappa shape index (κ2) is 7.45. The summed E-state index contributed by atoms with van der Waals surface area (Å²) < 4.78 is 0. The Morgan fingerprint density at radius 3 is 2.43 bits per heavy atom. The molecule has 7 heteroatoms. The summed E-state index contributed by atoms with van der Waals surface area (Å²) in [7, 11) is 1.75. The van der Waals surface area contributed by atoms with Gasteiger partial charge in [0.2, 0.25) is 5.96 Å². The summed E-state index contributed by atoms with van der Waals surface area (Å²) in [5.41, 5.74) is 5.47. The van der Waals surface area contributed by atoms with Gasteiger partial charge in [-0.1, -0.05) is 37.5 Å². The van der Waals surface area contributed by atoms with Gasteiger partial charge in [-0.2, -0.15) is 0 Å². The van der Waals surface area contributed by atoms with Crippen molar-refractivity contribution in [3.8, 4) is 0 Å². The Hall–Kier alpha value is -2.83. The molecule has 3 aliphatic rings. The predicted molar refractivity (Wildman–Crippen MR) is 118 cm³/mol. The number of hydrogen-bond acceptors (Lipinski definition) is 5. The van der Waals surface area contributed by atoms with Gasteiger partial charge in [-0.05, 0) is 45.7 Å². The molecule has 7 nitrogen and oxygen atoms in total. The van der Waals surface area contributed by atoms with Crippen molar-refractivity contribution < 1.29 is 9.59 Å². The van der Waals surface area contributed by atoms with Crippen molar-refractivity contribution in [3.63, 3.8) is 0 Å². The molecule has 0 spiro atoms. The zero-order chi connectivity index (χ0) is 21.7. The first-order valence-electron chi connectivity index (χ1n) is 10.8. The van der Waals surface area contributed by atoms with Gasteiger partial charge in [-0.25, -0.2) is 9.79 Å². The zero-order valence-corrected chi connectivity index (χ0v) is 18.8. The van der Waals surface area contributed by atoms with Crippen LogP contribution in [0.2, 0.25) is 0 Å². The van der Waals surface area contributed by atoms with Crippen LogP contribution < -0.4 is 4.90 Å². The van der Waals surface area contributed by atoms with Crippen molar-refractivity contribution in [1.29, 1.82) is 0 Å². The number of urea groups is 1. The largest absolute Gasteiger partial charge is 0.328 e. The van der Waals surface area contributed by atoms with E-state index in [1.807, 2.05) is 11.8 Å². The molecule has 4 rings (SSSR count). The predicted octanol–water partition coefficient (Wildman–Crippen LogP) is 3.83. The van der Waals surface area contributed by atoms with Gasteiger partial charge < -0.3 is 4.90 Å². The monoisotopic (exact) mass is 409 g/mol. The summed E-state index contributed by atoms with van der Waals surface area (Å²) in [6.07, 6.45) is 2.37. The summed E-state index contributed by atoms with van der Waals surface area (Å²) in [5.74, 6) is 0.586. The minimum Gasteiger partial charge on any atom is -0.302 e. The molecule has 1 saturated heterocycles. The molecule has 3 heterocycles. The average Bonchev–Trinajstić information content (AvgIpc) is 3.20. The number of benzene rings is 1. The Balaban J connectivity index is 1.72. The van der Waals surface area contributed by atoms with Crippen LogP contribution in [0.5, 0.6) is 0 Å². The summed E-state index contributed by atoms with van der Waals surface area (Å²) in [5, 5.41) is 0. The van der Waals surface area contributed by atoms with Crippen molar-refractivity contribution in [2.75, 3.05) is 18.5 Å². The Bertz CT molecular complexity index is 966. The van der Waals surface area contributed by atoms with E-state index in [0.717, 1.165) is 47.9 Å². The molecule has 2 unspecified atom stereocenters. The summed E-state index contributed by atoms with van der Waals surface area (Å²) in [6.45, 7) is 10.8. The van der Waals surface area contributed by atoms with Crippen LogP contribution in [0.1, 0.15) is 51.2 Å². The number of rotatable bonds is 5. The molecule has 0 bridgehead atoms. The van der Waals surface area contributed by atoms with Gasteiger partial charge in [0.05, 0.1) is 5.69 Å². The first-order chi connectivity index (χ1) is 14.3. The van der Waals surface area contributed by atoms with E-state index in [-0.39, 0.29) is 11.9 Å². The maximum Gasteiger partial charge on any atom is 0.328 e. The number of imide groups is 1. The van der Waals surface area contributed by atoms with E-state index in [2.05, 4.69) is 50.8 Å². The fourth-order valence-corrected chi connectivity index (χ4v) is 4.68. The molecule has 0 saturated carbocycles. The minimum absolute atomic E-state index is 0.146.